The van der Waals surface area contributed by atoms with Gasteiger partial charge in [0.2, 0.25) is 11.8 Å². The predicted octanol–water partition coefficient (Wildman–Crippen LogP) is 3.71. The Morgan fingerprint density at radius 1 is 0.920 bits per heavy atom. The van der Waals surface area contributed by atoms with Crippen LogP contribution >= 0.6 is 0 Å². The lowest BCUT2D eigenvalue weighted by Gasteiger charge is -2.34. The molecule has 4 heteroatoms. The monoisotopic (exact) mass is 337 g/mol. The largest absolute Gasteiger partial charge is 0.495 e. The van der Waals surface area contributed by atoms with E-state index in [4.69, 9.17) is 4.74 Å². The highest BCUT2D eigenvalue weighted by atomic mass is 16.5. The number of para-hydroxylation sites is 2. The van der Waals surface area contributed by atoms with E-state index < -0.39 is 0 Å². The fraction of sp³-hybridized carbons (Fsp3) is 0.524. The molecule has 25 heavy (non-hydrogen) atoms. The van der Waals surface area contributed by atoms with Crippen LogP contribution in [0.1, 0.15) is 38.5 Å². The van der Waals surface area contributed by atoms with Crippen molar-refractivity contribution in [3.8, 4) is 5.75 Å². The lowest BCUT2D eigenvalue weighted by atomic mass is 9.66. The van der Waals surface area contributed by atoms with Gasteiger partial charge in [-0.25, -0.2) is 4.90 Å². The Morgan fingerprint density at radius 3 is 2.04 bits per heavy atom. The fourth-order valence-corrected chi connectivity index (χ4v) is 5.94. The highest BCUT2D eigenvalue weighted by Gasteiger charge is 2.59. The molecule has 130 valence electrons. The summed E-state index contributed by atoms with van der Waals surface area (Å²) in [6.45, 7) is 0. The van der Waals surface area contributed by atoms with Crippen molar-refractivity contribution in [2.24, 2.45) is 23.7 Å². The van der Waals surface area contributed by atoms with Crippen LogP contribution in [0.3, 0.4) is 0 Å². The molecule has 1 aliphatic heterocycles. The molecule has 0 N–H and O–H groups in total. The van der Waals surface area contributed by atoms with Gasteiger partial charge in [0, 0.05) is 0 Å². The maximum absolute atomic E-state index is 13.4. The topological polar surface area (TPSA) is 46.6 Å². The third kappa shape index (κ3) is 1.94. The van der Waals surface area contributed by atoms with Crippen molar-refractivity contribution < 1.29 is 14.3 Å². The van der Waals surface area contributed by atoms with E-state index in [1.165, 1.54) is 16.0 Å². The number of allylic oxidation sites excluding steroid dienone is 2. The van der Waals surface area contributed by atoms with Gasteiger partial charge in [-0.2, -0.15) is 0 Å². The predicted molar refractivity (Wildman–Crippen MR) is 94.2 cm³/mol. The van der Waals surface area contributed by atoms with Gasteiger partial charge < -0.3 is 4.74 Å². The summed E-state index contributed by atoms with van der Waals surface area (Å²) in [6.07, 6.45) is 6.72. The molecular weight excluding hydrogens is 314 g/mol. The van der Waals surface area contributed by atoms with Crippen LogP contribution in [-0.4, -0.2) is 18.9 Å². The lowest BCUT2D eigenvalue weighted by Crippen LogP contribution is -2.35. The summed E-state index contributed by atoms with van der Waals surface area (Å²) in [4.78, 5) is 28.2. The number of carbonyl (C=O) groups excluding carboxylic acids is 2. The summed E-state index contributed by atoms with van der Waals surface area (Å²) in [7, 11) is 1.59. The molecule has 4 nitrogen and oxygen atoms in total. The zero-order chi connectivity index (χ0) is 17.1. The number of nitrogens with zero attached hydrogens (tertiary/aromatic N) is 1. The molecule has 2 saturated carbocycles. The van der Waals surface area contributed by atoms with Crippen molar-refractivity contribution in [2.45, 2.75) is 38.5 Å². The number of benzene rings is 1. The van der Waals surface area contributed by atoms with E-state index in [1.54, 1.807) is 7.11 Å². The van der Waals surface area contributed by atoms with Gasteiger partial charge in [0.1, 0.15) is 5.75 Å². The van der Waals surface area contributed by atoms with E-state index in [0.717, 1.165) is 38.5 Å². The Hall–Kier alpha value is -2.10. The minimum Gasteiger partial charge on any atom is -0.495 e. The zero-order valence-corrected chi connectivity index (χ0v) is 14.5. The van der Waals surface area contributed by atoms with E-state index in [9.17, 15) is 9.59 Å². The number of imide groups is 1. The van der Waals surface area contributed by atoms with Gasteiger partial charge in [0.05, 0.1) is 24.6 Å². The maximum atomic E-state index is 13.4. The summed E-state index contributed by atoms with van der Waals surface area (Å²) in [5.41, 5.74) is 3.67. The summed E-state index contributed by atoms with van der Waals surface area (Å²) in [5, 5.41) is 0. The first-order valence-electron chi connectivity index (χ1n) is 9.45. The van der Waals surface area contributed by atoms with E-state index >= 15 is 0 Å². The van der Waals surface area contributed by atoms with Gasteiger partial charge in [0.15, 0.2) is 0 Å². The first kappa shape index (κ1) is 15.2. The van der Waals surface area contributed by atoms with Gasteiger partial charge in [-0.05, 0) is 62.5 Å². The van der Waals surface area contributed by atoms with Gasteiger partial charge in [-0.15, -0.1) is 0 Å². The number of ether oxygens (including phenoxy) is 1. The maximum Gasteiger partial charge on any atom is 0.238 e. The van der Waals surface area contributed by atoms with Gasteiger partial charge in [-0.1, -0.05) is 23.3 Å². The molecule has 5 rings (SSSR count). The average molecular weight is 337 g/mol. The van der Waals surface area contributed by atoms with Gasteiger partial charge in [-0.3, -0.25) is 9.59 Å². The minimum absolute atomic E-state index is 0.00477. The van der Waals surface area contributed by atoms with E-state index in [1.807, 2.05) is 24.3 Å². The molecule has 0 unspecified atom stereocenters. The molecule has 2 amide bonds. The second-order valence-electron chi connectivity index (χ2n) is 7.78. The van der Waals surface area contributed by atoms with Crippen molar-refractivity contribution in [3.05, 3.63) is 35.4 Å². The van der Waals surface area contributed by atoms with Gasteiger partial charge in [0.25, 0.3) is 0 Å². The Balaban J connectivity index is 1.62. The van der Waals surface area contributed by atoms with Crippen LogP contribution < -0.4 is 9.64 Å². The van der Waals surface area contributed by atoms with Crippen molar-refractivity contribution in [1.82, 2.24) is 0 Å². The Bertz CT molecular complexity index is 754. The molecule has 1 heterocycles. The molecule has 0 aromatic heterocycles. The van der Waals surface area contributed by atoms with Gasteiger partial charge >= 0.3 is 0 Å². The minimum atomic E-state index is -0.151. The number of hydrogen-bond donors (Lipinski definition) is 0. The second-order valence-corrected chi connectivity index (χ2v) is 7.78. The summed E-state index contributed by atoms with van der Waals surface area (Å²) >= 11 is 0. The number of carbonyl (C=O) groups is 2. The van der Waals surface area contributed by atoms with Crippen molar-refractivity contribution >= 4 is 17.5 Å². The van der Waals surface area contributed by atoms with E-state index in [-0.39, 0.29) is 23.7 Å². The van der Waals surface area contributed by atoms with Crippen LogP contribution in [-0.2, 0) is 9.59 Å². The summed E-state index contributed by atoms with van der Waals surface area (Å²) in [5.74, 6) is 0.873. The summed E-state index contributed by atoms with van der Waals surface area (Å²) in [6, 6.07) is 7.37. The standard InChI is InChI=1S/C21H23NO3/c1-25-17-11-3-2-10-16(17)22-20(23)18-14-8-4-6-12(14)13-7-5-9-15(13)19(18)21(22)24/h2-3,10-11,14-15,18-19H,4-9H2,1H3/t14-,15+,18-,19-/m0/s1. The highest BCUT2D eigenvalue weighted by molar-refractivity contribution is 6.23. The van der Waals surface area contributed by atoms with E-state index in [2.05, 4.69) is 0 Å². The Kier molecular flexibility index (Phi) is 3.31. The number of amides is 2. The first-order valence-corrected chi connectivity index (χ1v) is 9.45. The second kappa shape index (κ2) is 5.45. The van der Waals surface area contributed by atoms with Crippen molar-refractivity contribution in [2.75, 3.05) is 12.0 Å². The molecular formula is C21H23NO3. The first-order chi connectivity index (χ1) is 12.2. The van der Waals surface area contributed by atoms with Crippen LogP contribution in [0.4, 0.5) is 5.69 Å². The molecule has 1 aromatic rings. The Morgan fingerprint density at radius 2 is 1.48 bits per heavy atom. The van der Waals surface area contributed by atoms with Crippen LogP contribution in [0.25, 0.3) is 0 Å². The molecule has 0 bridgehead atoms. The quantitative estimate of drug-likeness (QED) is 0.610. The molecule has 3 aliphatic carbocycles. The van der Waals surface area contributed by atoms with Crippen molar-refractivity contribution in [1.29, 1.82) is 0 Å². The number of fused-ring (bicyclic) bond motifs is 5. The van der Waals surface area contributed by atoms with Crippen LogP contribution in [0.15, 0.2) is 35.4 Å². The molecule has 3 fully saturated rings. The third-order valence-electron chi connectivity index (χ3n) is 6.82. The average Bonchev–Trinajstić information content (AvgIpc) is 3.33. The smallest absolute Gasteiger partial charge is 0.238 e. The highest BCUT2D eigenvalue weighted by Crippen LogP contribution is 2.58. The molecule has 4 aliphatic rings. The third-order valence-corrected chi connectivity index (χ3v) is 6.82. The van der Waals surface area contributed by atoms with Crippen LogP contribution in [0, 0.1) is 23.7 Å². The van der Waals surface area contributed by atoms with Crippen LogP contribution in [0.2, 0.25) is 0 Å². The SMILES string of the molecule is COc1ccccc1N1C(=O)[C@@H]2[C@@H](C1=O)[C@H]1CCCC1=C1CCC[C@H]12. The normalized spacial score (nSPS) is 33.6. The molecule has 0 radical (unpaired) electrons. The number of hydrogen-bond acceptors (Lipinski definition) is 3. The van der Waals surface area contributed by atoms with Crippen LogP contribution in [0.5, 0.6) is 5.75 Å². The number of anilines is 1. The molecule has 1 saturated heterocycles. The van der Waals surface area contributed by atoms with Crippen molar-refractivity contribution in [3.63, 3.8) is 0 Å². The number of rotatable bonds is 2. The number of methoxy groups -OCH3 is 1. The zero-order valence-electron chi connectivity index (χ0n) is 14.5. The Labute approximate surface area is 147 Å². The molecule has 4 atom stereocenters. The lowest BCUT2D eigenvalue weighted by molar-refractivity contribution is -0.122. The molecule has 1 aromatic carbocycles. The summed E-state index contributed by atoms with van der Waals surface area (Å²) < 4.78 is 5.42. The van der Waals surface area contributed by atoms with E-state index in [0.29, 0.717) is 23.3 Å². The molecule has 0 spiro atoms. The fourth-order valence-electron chi connectivity index (χ4n) is 5.94.